The molecule has 15 heavy (non-hydrogen) atoms. The third kappa shape index (κ3) is 3.71. The lowest BCUT2D eigenvalue weighted by Crippen LogP contribution is -2.45. The Kier molecular flexibility index (Phi) is 4.30. The van der Waals surface area contributed by atoms with Gasteiger partial charge < -0.3 is 15.7 Å². The molecule has 1 aliphatic heterocycles. The molecular formula is C10H16N2O3. The van der Waals surface area contributed by atoms with E-state index in [1.54, 1.807) is 4.90 Å². The van der Waals surface area contributed by atoms with Crippen molar-refractivity contribution in [1.29, 1.82) is 0 Å². The summed E-state index contributed by atoms with van der Waals surface area (Å²) in [5.74, 6) is -1.07. The number of amides is 1. The fraction of sp³-hybridized carbons (Fsp3) is 0.600. The molecule has 3 N–H and O–H groups in total. The Morgan fingerprint density at radius 2 is 2.20 bits per heavy atom. The van der Waals surface area contributed by atoms with E-state index in [-0.39, 0.29) is 18.7 Å². The molecule has 5 heteroatoms. The predicted octanol–water partition coefficient (Wildman–Crippen LogP) is -0.0330. The Balaban J connectivity index is 2.38. The van der Waals surface area contributed by atoms with Gasteiger partial charge in [0.1, 0.15) is 0 Å². The van der Waals surface area contributed by atoms with Crippen molar-refractivity contribution in [3.63, 3.8) is 0 Å². The molecule has 0 aromatic heterocycles. The third-order valence-electron chi connectivity index (χ3n) is 2.36. The standard InChI is InChI=1S/C10H16N2O3/c11-8(4-5-9(13)14)10(15)12-6-2-1-3-7-12/h1-2,8H,3-7,11H2,(H,13,14). The van der Waals surface area contributed by atoms with Crippen LogP contribution in [-0.2, 0) is 9.59 Å². The van der Waals surface area contributed by atoms with Crippen molar-refractivity contribution in [1.82, 2.24) is 4.90 Å². The molecule has 0 fully saturated rings. The van der Waals surface area contributed by atoms with Crippen LogP contribution in [0.4, 0.5) is 0 Å². The van der Waals surface area contributed by atoms with E-state index in [0.717, 1.165) is 6.42 Å². The van der Waals surface area contributed by atoms with Gasteiger partial charge in [0, 0.05) is 19.5 Å². The van der Waals surface area contributed by atoms with Crippen LogP contribution in [0.5, 0.6) is 0 Å². The summed E-state index contributed by atoms with van der Waals surface area (Å²) < 4.78 is 0. The molecule has 0 bridgehead atoms. The van der Waals surface area contributed by atoms with Gasteiger partial charge in [-0.15, -0.1) is 0 Å². The summed E-state index contributed by atoms with van der Waals surface area (Å²) in [5, 5.41) is 8.46. The maximum atomic E-state index is 11.7. The first-order valence-electron chi connectivity index (χ1n) is 5.02. The van der Waals surface area contributed by atoms with Crippen LogP contribution in [0.15, 0.2) is 12.2 Å². The number of nitrogens with zero attached hydrogens (tertiary/aromatic N) is 1. The average Bonchev–Trinajstić information content (AvgIpc) is 2.26. The zero-order valence-electron chi connectivity index (χ0n) is 8.56. The van der Waals surface area contributed by atoms with Crippen molar-refractivity contribution in [2.45, 2.75) is 25.3 Å². The van der Waals surface area contributed by atoms with Crippen LogP contribution in [0.2, 0.25) is 0 Å². The Morgan fingerprint density at radius 3 is 2.73 bits per heavy atom. The monoisotopic (exact) mass is 212 g/mol. The topological polar surface area (TPSA) is 83.6 Å². The highest BCUT2D eigenvalue weighted by atomic mass is 16.4. The number of carbonyl (C=O) groups excluding carboxylic acids is 1. The molecule has 1 atom stereocenters. The van der Waals surface area contributed by atoms with Crippen molar-refractivity contribution in [2.75, 3.05) is 13.1 Å². The zero-order valence-corrected chi connectivity index (χ0v) is 8.56. The Morgan fingerprint density at radius 1 is 1.47 bits per heavy atom. The van der Waals surface area contributed by atoms with Gasteiger partial charge in [-0.2, -0.15) is 0 Å². The number of hydrogen-bond donors (Lipinski definition) is 2. The van der Waals surface area contributed by atoms with E-state index in [2.05, 4.69) is 0 Å². The van der Waals surface area contributed by atoms with Gasteiger partial charge in [0.25, 0.3) is 0 Å². The first kappa shape index (κ1) is 11.7. The summed E-state index contributed by atoms with van der Waals surface area (Å²) in [6.07, 6.45) is 4.93. The van der Waals surface area contributed by atoms with Gasteiger partial charge in [0.15, 0.2) is 0 Å². The largest absolute Gasteiger partial charge is 0.481 e. The number of aliphatic carboxylic acids is 1. The lowest BCUT2D eigenvalue weighted by molar-refractivity contribution is -0.137. The van der Waals surface area contributed by atoms with Gasteiger partial charge in [-0.05, 0) is 12.8 Å². The minimum atomic E-state index is -0.920. The van der Waals surface area contributed by atoms with Crippen molar-refractivity contribution >= 4 is 11.9 Å². The second kappa shape index (κ2) is 5.50. The van der Waals surface area contributed by atoms with Crippen molar-refractivity contribution in [2.24, 2.45) is 5.73 Å². The maximum absolute atomic E-state index is 11.7. The highest BCUT2D eigenvalue weighted by Crippen LogP contribution is 2.05. The summed E-state index contributed by atoms with van der Waals surface area (Å²) in [4.78, 5) is 23.7. The van der Waals surface area contributed by atoms with E-state index in [1.165, 1.54) is 0 Å². The van der Waals surface area contributed by atoms with Gasteiger partial charge in [-0.25, -0.2) is 0 Å². The van der Waals surface area contributed by atoms with Gasteiger partial charge in [-0.1, -0.05) is 12.2 Å². The third-order valence-corrected chi connectivity index (χ3v) is 2.36. The molecule has 0 saturated carbocycles. The zero-order chi connectivity index (χ0) is 11.3. The lowest BCUT2D eigenvalue weighted by atomic mass is 10.1. The van der Waals surface area contributed by atoms with Gasteiger partial charge in [-0.3, -0.25) is 9.59 Å². The van der Waals surface area contributed by atoms with E-state index >= 15 is 0 Å². The molecule has 0 aliphatic carbocycles. The summed E-state index contributed by atoms with van der Waals surface area (Å²) in [6.45, 7) is 1.26. The molecular weight excluding hydrogens is 196 g/mol. The van der Waals surface area contributed by atoms with Crippen LogP contribution >= 0.6 is 0 Å². The fourth-order valence-electron chi connectivity index (χ4n) is 1.48. The van der Waals surface area contributed by atoms with Crippen molar-refractivity contribution in [3.05, 3.63) is 12.2 Å². The molecule has 0 aromatic rings. The highest BCUT2D eigenvalue weighted by Gasteiger charge is 2.21. The van der Waals surface area contributed by atoms with E-state index in [0.29, 0.717) is 13.1 Å². The van der Waals surface area contributed by atoms with E-state index in [4.69, 9.17) is 10.8 Å². The van der Waals surface area contributed by atoms with Crippen LogP contribution in [0, 0.1) is 0 Å². The molecule has 0 saturated heterocycles. The van der Waals surface area contributed by atoms with Crippen LogP contribution in [-0.4, -0.2) is 41.0 Å². The summed E-state index contributed by atoms with van der Waals surface area (Å²) in [6, 6.07) is -0.687. The summed E-state index contributed by atoms with van der Waals surface area (Å²) in [5.41, 5.74) is 5.62. The molecule has 0 spiro atoms. The maximum Gasteiger partial charge on any atom is 0.303 e. The lowest BCUT2D eigenvalue weighted by Gasteiger charge is -2.26. The molecule has 0 aromatic carbocycles. The molecule has 1 heterocycles. The highest BCUT2D eigenvalue weighted by molar-refractivity contribution is 5.82. The smallest absolute Gasteiger partial charge is 0.303 e. The molecule has 84 valence electrons. The van der Waals surface area contributed by atoms with Gasteiger partial charge >= 0.3 is 5.97 Å². The van der Waals surface area contributed by atoms with Gasteiger partial charge in [0.2, 0.25) is 5.91 Å². The van der Waals surface area contributed by atoms with Crippen LogP contribution in [0.1, 0.15) is 19.3 Å². The number of carboxylic acid groups (broad SMARTS) is 1. The average molecular weight is 212 g/mol. The Labute approximate surface area is 88.5 Å². The second-order valence-electron chi connectivity index (χ2n) is 3.58. The minimum Gasteiger partial charge on any atom is -0.481 e. The molecule has 1 rings (SSSR count). The molecule has 1 unspecified atom stereocenters. The minimum absolute atomic E-state index is 0.0589. The first-order chi connectivity index (χ1) is 7.11. The normalized spacial score (nSPS) is 17.5. The molecule has 0 radical (unpaired) electrons. The number of rotatable bonds is 4. The number of carbonyl (C=O) groups is 2. The molecule has 1 aliphatic rings. The number of carboxylic acids is 1. The van der Waals surface area contributed by atoms with Crippen molar-refractivity contribution < 1.29 is 14.7 Å². The fourth-order valence-corrected chi connectivity index (χ4v) is 1.48. The Hall–Kier alpha value is -1.36. The summed E-state index contributed by atoms with van der Waals surface area (Å²) in [7, 11) is 0. The number of hydrogen-bond acceptors (Lipinski definition) is 3. The quantitative estimate of drug-likeness (QED) is 0.641. The first-order valence-corrected chi connectivity index (χ1v) is 5.02. The van der Waals surface area contributed by atoms with Crippen LogP contribution in [0.3, 0.4) is 0 Å². The molecule has 5 nitrogen and oxygen atoms in total. The van der Waals surface area contributed by atoms with E-state index in [1.807, 2.05) is 12.2 Å². The molecule has 1 amide bonds. The Bertz CT molecular complexity index is 276. The van der Waals surface area contributed by atoms with Crippen LogP contribution < -0.4 is 5.73 Å². The van der Waals surface area contributed by atoms with Gasteiger partial charge in [0.05, 0.1) is 6.04 Å². The predicted molar refractivity (Wildman–Crippen MR) is 55.2 cm³/mol. The van der Waals surface area contributed by atoms with E-state index < -0.39 is 12.0 Å². The van der Waals surface area contributed by atoms with Crippen LogP contribution in [0.25, 0.3) is 0 Å². The summed E-state index contributed by atoms with van der Waals surface area (Å²) >= 11 is 0. The second-order valence-corrected chi connectivity index (χ2v) is 3.58. The van der Waals surface area contributed by atoms with E-state index in [9.17, 15) is 9.59 Å². The number of nitrogens with two attached hydrogens (primary N) is 1. The SMILES string of the molecule is NC(CCC(=O)O)C(=O)N1CC=CCC1. The van der Waals surface area contributed by atoms with Crippen molar-refractivity contribution in [3.8, 4) is 0 Å².